The first-order valence-corrected chi connectivity index (χ1v) is 6.71. The molecular formula is C16H15ClO4. The third-order valence-electron chi connectivity index (χ3n) is 3.00. The van der Waals surface area contributed by atoms with Crippen LogP contribution in [0.5, 0.6) is 5.75 Å². The molecule has 110 valence electrons. The van der Waals surface area contributed by atoms with E-state index in [4.69, 9.17) is 16.3 Å². The van der Waals surface area contributed by atoms with Gasteiger partial charge in [0.1, 0.15) is 12.4 Å². The van der Waals surface area contributed by atoms with Gasteiger partial charge >= 0.3 is 5.97 Å². The average molecular weight is 307 g/mol. The number of hydrogen-bond acceptors (Lipinski definition) is 4. The minimum absolute atomic E-state index is 0.184. The van der Waals surface area contributed by atoms with Crippen LogP contribution in [-0.4, -0.2) is 18.2 Å². The predicted molar refractivity (Wildman–Crippen MR) is 79.5 cm³/mol. The third-order valence-corrected chi connectivity index (χ3v) is 3.36. The van der Waals surface area contributed by atoms with Crippen LogP contribution in [0.25, 0.3) is 0 Å². The number of hydrogen-bond donors (Lipinski definition) is 1. The number of halogens is 1. The second kappa shape index (κ2) is 7.11. The van der Waals surface area contributed by atoms with E-state index in [0.29, 0.717) is 28.5 Å². The van der Waals surface area contributed by atoms with E-state index in [-0.39, 0.29) is 12.6 Å². The van der Waals surface area contributed by atoms with Gasteiger partial charge in [-0.2, -0.15) is 0 Å². The number of aliphatic hydroxyl groups is 1. The van der Waals surface area contributed by atoms with Crippen LogP contribution in [0.2, 0.25) is 5.02 Å². The van der Waals surface area contributed by atoms with Gasteiger partial charge in [0.2, 0.25) is 0 Å². The van der Waals surface area contributed by atoms with Crippen molar-refractivity contribution >= 4 is 17.6 Å². The predicted octanol–water partition coefficient (Wildman–Crippen LogP) is 3.20. The first-order chi connectivity index (χ1) is 10.2. The maximum atomic E-state index is 11.3. The molecule has 5 heteroatoms. The summed E-state index contributed by atoms with van der Waals surface area (Å²) in [5.74, 6) is 0.168. The number of esters is 1. The van der Waals surface area contributed by atoms with E-state index in [1.165, 1.54) is 7.11 Å². The molecular weight excluding hydrogens is 292 g/mol. The highest BCUT2D eigenvalue weighted by Crippen LogP contribution is 2.27. The maximum absolute atomic E-state index is 11.3. The Hall–Kier alpha value is -2.04. The van der Waals surface area contributed by atoms with Crippen LogP contribution < -0.4 is 4.74 Å². The first kappa shape index (κ1) is 15.4. The third kappa shape index (κ3) is 3.74. The summed E-state index contributed by atoms with van der Waals surface area (Å²) < 4.78 is 10.3. The SMILES string of the molecule is COC(=O)c1ccc(COc2cccc(Cl)c2CO)cc1. The van der Waals surface area contributed by atoms with Crippen molar-refractivity contribution in [3.8, 4) is 5.75 Å². The average Bonchev–Trinajstić information content (AvgIpc) is 2.52. The number of ether oxygens (including phenoxy) is 2. The van der Waals surface area contributed by atoms with Gasteiger partial charge in [0.15, 0.2) is 0 Å². The molecule has 2 aromatic carbocycles. The van der Waals surface area contributed by atoms with Gasteiger partial charge < -0.3 is 14.6 Å². The summed E-state index contributed by atoms with van der Waals surface area (Å²) in [4.78, 5) is 11.3. The molecule has 0 saturated heterocycles. The van der Waals surface area contributed by atoms with E-state index in [2.05, 4.69) is 4.74 Å². The Morgan fingerprint density at radius 1 is 1.19 bits per heavy atom. The van der Waals surface area contributed by atoms with E-state index < -0.39 is 0 Å². The van der Waals surface area contributed by atoms with Gasteiger partial charge in [0.25, 0.3) is 0 Å². The second-order valence-corrected chi connectivity index (χ2v) is 4.76. The van der Waals surface area contributed by atoms with Crippen LogP contribution in [-0.2, 0) is 18.0 Å². The van der Waals surface area contributed by atoms with Gasteiger partial charge in [-0.25, -0.2) is 4.79 Å². The van der Waals surface area contributed by atoms with Crippen molar-refractivity contribution < 1.29 is 19.4 Å². The number of benzene rings is 2. The summed E-state index contributed by atoms with van der Waals surface area (Å²) in [6, 6.07) is 12.1. The lowest BCUT2D eigenvalue weighted by atomic mass is 10.1. The summed E-state index contributed by atoms with van der Waals surface area (Å²) in [6.45, 7) is 0.130. The van der Waals surface area contributed by atoms with Gasteiger partial charge in [0, 0.05) is 10.6 Å². The van der Waals surface area contributed by atoms with Gasteiger partial charge in [-0.1, -0.05) is 29.8 Å². The highest BCUT2D eigenvalue weighted by Gasteiger charge is 2.08. The highest BCUT2D eigenvalue weighted by molar-refractivity contribution is 6.31. The van der Waals surface area contributed by atoms with Gasteiger partial charge in [0.05, 0.1) is 19.3 Å². The van der Waals surface area contributed by atoms with Crippen molar-refractivity contribution in [2.24, 2.45) is 0 Å². The summed E-state index contributed by atoms with van der Waals surface area (Å²) in [6.07, 6.45) is 0. The van der Waals surface area contributed by atoms with Crippen LogP contribution in [0.15, 0.2) is 42.5 Å². The van der Waals surface area contributed by atoms with Crippen molar-refractivity contribution in [1.29, 1.82) is 0 Å². The summed E-state index contributed by atoms with van der Waals surface area (Å²) in [5, 5.41) is 9.77. The van der Waals surface area contributed by atoms with Crippen LogP contribution in [0, 0.1) is 0 Å². The quantitative estimate of drug-likeness (QED) is 0.862. The number of carbonyl (C=O) groups excluding carboxylic acids is 1. The molecule has 0 aliphatic carbocycles. The molecule has 0 aliphatic heterocycles. The molecule has 0 unspecified atom stereocenters. The van der Waals surface area contributed by atoms with Crippen LogP contribution in [0.4, 0.5) is 0 Å². The van der Waals surface area contributed by atoms with Crippen molar-refractivity contribution in [1.82, 2.24) is 0 Å². The molecule has 0 bridgehead atoms. The lowest BCUT2D eigenvalue weighted by Gasteiger charge is -2.11. The van der Waals surface area contributed by atoms with E-state index in [9.17, 15) is 9.90 Å². The summed E-state index contributed by atoms with van der Waals surface area (Å²) in [7, 11) is 1.34. The van der Waals surface area contributed by atoms with Crippen LogP contribution in [0.3, 0.4) is 0 Å². The number of methoxy groups -OCH3 is 1. The smallest absolute Gasteiger partial charge is 0.337 e. The lowest BCUT2D eigenvalue weighted by molar-refractivity contribution is 0.0600. The van der Waals surface area contributed by atoms with Gasteiger partial charge in [-0.3, -0.25) is 0 Å². The van der Waals surface area contributed by atoms with Crippen molar-refractivity contribution in [2.45, 2.75) is 13.2 Å². The zero-order chi connectivity index (χ0) is 15.2. The van der Waals surface area contributed by atoms with E-state index in [0.717, 1.165) is 5.56 Å². The molecule has 0 heterocycles. The lowest BCUT2D eigenvalue weighted by Crippen LogP contribution is -2.02. The number of rotatable bonds is 5. The molecule has 0 radical (unpaired) electrons. The van der Waals surface area contributed by atoms with E-state index in [1.807, 2.05) is 0 Å². The summed E-state index contributed by atoms with van der Waals surface area (Å²) >= 11 is 5.99. The van der Waals surface area contributed by atoms with E-state index >= 15 is 0 Å². The monoisotopic (exact) mass is 306 g/mol. The summed E-state index contributed by atoms with van der Waals surface area (Å²) in [5.41, 5.74) is 1.94. The Morgan fingerprint density at radius 2 is 1.90 bits per heavy atom. The minimum Gasteiger partial charge on any atom is -0.488 e. The fraction of sp³-hybridized carbons (Fsp3) is 0.188. The number of carbonyl (C=O) groups is 1. The Morgan fingerprint density at radius 3 is 2.52 bits per heavy atom. The molecule has 0 fully saturated rings. The first-order valence-electron chi connectivity index (χ1n) is 6.34. The Kier molecular flexibility index (Phi) is 5.20. The Labute approximate surface area is 127 Å². The van der Waals surface area contributed by atoms with Crippen LogP contribution >= 0.6 is 11.6 Å². The maximum Gasteiger partial charge on any atom is 0.337 e. The van der Waals surface area contributed by atoms with E-state index in [1.54, 1.807) is 42.5 Å². The van der Waals surface area contributed by atoms with Crippen molar-refractivity contribution in [3.05, 3.63) is 64.2 Å². The number of aliphatic hydroxyl groups excluding tert-OH is 1. The molecule has 21 heavy (non-hydrogen) atoms. The molecule has 0 atom stereocenters. The van der Waals surface area contributed by atoms with Crippen molar-refractivity contribution in [2.75, 3.05) is 7.11 Å². The second-order valence-electron chi connectivity index (χ2n) is 4.35. The Balaban J connectivity index is 2.07. The zero-order valence-electron chi connectivity index (χ0n) is 11.5. The van der Waals surface area contributed by atoms with Crippen LogP contribution in [0.1, 0.15) is 21.5 Å². The topological polar surface area (TPSA) is 55.8 Å². The molecule has 4 nitrogen and oxygen atoms in total. The normalized spacial score (nSPS) is 10.2. The molecule has 0 spiro atoms. The molecule has 0 amide bonds. The molecule has 1 N–H and O–H groups in total. The van der Waals surface area contributed by atoms with Crippen molar-refractivity contribution in [3.63, 3.8) is 0 Å². The van der Waals surface area contributed by atoms with Gasteiger partial charge in [-0.05, 0) is 29.8 Å². The fourth-order valence-corrected chi connectivity index (χ4v) is 2.07. The molecule has 2 rings (SSSR count). The zero-order valence-corrected chi connectivity index (χ0v) is 12.3. The van der Waals surface area contributed by atoms with Gasteiger partial charge in [-0.15, -0.1) is 0 Å². The molecule has 0 saturated carbocycles. The molecule has 0 aromatic heterocycles. The fourth-order valence-electron chi connectivity index (χ4n) is 1.84. The minimum atomic E-state index is -0.375. The standard InChI is InChI=1S/C16H15ClO4/c1-20-16(19)12-7-5-11(6-8-12)10-21-15-4-2-3-14(17)13(15)9-18/h2-8,18H,9-10H2,1H3. The Bertz CT molecular complexity index is 623. The molecule has 0 aliphatic rings. The molecule has 2 aromatic rings. The highest BCUT2D eigenvalue weighted by atomic mass is 35.5. The largest absolute Gasteiger partial charge is 0.488 e.